The maximum atomic E-state index is 6.18. The van der Waals surface area contributed by atoms with Gasteiger partial charge in [0.05, 0.1) is 17.4 Å². The molecule has 1 heterocycles. The van der Waals surface area contributed by atoms with E-state index in [0.29, 0.717) is 6.54 Å². The van der Waals surface area contributed by atoms with Crippen molar-refractivity contribution in [3.8, 4) is 11.1 Å². The summed E-state index contributed by atoms with van der Waals surface area (Å²) in [6.45, 7) is 0.552. The molecule has 0 saturated carbocycles. The zero-order chi connectivity index (χ0) is 12.5. The smallest absolute Gasteiger partial charge is 0.0671 e. The number of nitrogens with one attached hydrogen (secondary N) is 1. The summed E-state index contributed by atoms with van der Waals surface area (Å²) in [6.07, 6.45) is 1.75. The van der Waals surface area contributed by atoms with Crippen molar-refractivity contribution in [1.29, 1.82) is 0 Å². The first-order valence-corrected chi connectivity index (χ1v) is 5.80. The molecule has 90 valence electrons. The summed E-state index contributed by atoms with van der Waals surface area (Å²) in [5.74, 6) is 0. The average molecular weight is 238 g/mol. The number of rotatable bonds is 2. The molecule has 5 N–H and O–H groups in total. The van der Waals surface area contributed by atoms with Crippen LogP contribution in [0.25, 0.3) is 22.0 Å². The van der Waals surface area contributed by atoms with Gasteiger partial charge >= 0.3 is 0 Å². The number of aromatic amines is 1. The van der Waals surface area contributed by atoms with Crippen LogP contribution in [0.1, 0.15) is 5.56 Å². The highest BCUT2D eigenvalue weighted by molar-refractivity contribution is 5.98. The lowest BCUT2D eigenvalue weighted by Gasteiger charge is -2.07. The Balaban J connectivity index is 2.15. The van der Waals surface area contributed by atoms with Crippen LogP contribution < -0.4 is 11.5 Å². The highest BCUT2D eigenvalue weighted by Crippen LogP contribution is 2.31. The summed E-state index contributed by atoms with van der Waals surface area (Å²) in [5, 5.41) is 7.87. The normalized spacial score (nSPS) is 10.9. The van der Waals surface area contributed by atoms with Crippen molar-refractivity contribution in [2.24, 2.45) is 5.73 Å². The lowest BCUT2D eigenvalue weighted by Crippen LogP contribution is -1.96. The Hall–Kier alpha value is -2.33. The third-order valence-corrected chi connectivity index (χ3v) is 3.17. The molecule has 0 atom stereocenters. The fourth-order valence-electron chi connectivity index (χ4n) is 2.11. The van der Waals surface area contributed by atoms with Gasteiger partial charge in [0.1, 0.15) is 0 Å². The number of hydrogen-bond donors (Lipinski definition) is 3. The van der Waals surface area contributed by atoms with Crippen LogP contribution >= 0.6 is 0 Å². The van der Waals surface area contributed by atoms with Crippen LogP contribution in [0.5, 0.6) is 0 Å². The number of aromatic nitrogens is 2. The minimum Gasteiger partial charge on any atom is -0.398 e. The van der Waals surface area contributed by atoms with Gasteiger partial charge in [-0.3, -0.25) is 5.10 Å². The standard InChI is InChI=1S/C14H14N4/c15-7-9-1-3-10(4-2-9)11-5-6-13-12(14(11)16)8-17-18-13/h1-6,8H,7,15-16H2,(H,17,18). The van der Waals surface area contributed by atoms with E-state index in [1.54, 1.807) is 6.20 Å². The zero-order valence-corrected chi connectivity index (χ0v) is 9.85. The quantitative estimate of drug-likeness (QED) is 0.599. The van der Waals surface area contributed by atoms with Gasteiger partial charge in [0.2, 0.25) is 0 Å². The molecular weight excluding hydrogens is 224 g/mol. The molecule has 1 aromatic heterocycles. The van der Waals surface area contributed by atoms with E-state index in [2.05, 4.69) is 10.2 Å². The molecule has 0 aliphatic carbocycles. The Morgan fingerprint density at radius 2 is 1.83 bits per heavy atom. The number of hydrogen-bond acceptors (Lipinski definition) is 3. The largest absolute Gasteiger partial charge is 0.398 e. The molecule has 0 amide bonds. The van der Waals surface area contributed by atoms with Crippen LogP contribution in [-0.2, 0) is 6.54 Å². The summed E-state index contributed by atoms with van der Waals surface area (Å²) in [5.41, 5.74) is 16.7. The number of nitrogens with zero attached hydrogens (tertiary/aromatic N) is 1. The third kappa shape index (κ3) is 1.63. The molecule has 0 aliphatic rings. The van der Waals surface area contributed by atoms with Crippen molar-refractivity contribution in [2.75, 3.05) is 5.73 Å². The first kappa shape index (κ1) is 10.8. The summed E-state index contributed by atoms with van der Waals surface area (Å²) in [6, 6.07) is 12.1. The van der Waals surface area contributed by atoms with Crippen LogP contribution in [0.15, 0.2) is 42.6 Å². The highest BCUT2D eigenvalue weighted by atomic mass is 15.1. The van der Waals surface area contributed by atoms with Gasteiger partial charge in [-0.1, -0.05) is 30.3 Å². The summed E-state index contributed by atoms with van der Waals surface area (Å²) in [7, 11) is 0. The van der Waals surface area contributed by atoms with Crippen LogP contribution in [0, 0.1) is 0 Å². The number of H-pyrrole nitrogens is 1. The van der Waals surface area contributed by atoms with E-state index in [-0.39, 0.29) is 0 Å². The van der Waals surface area contributed by atoms with Gasteiger partial charge in [0, 0.05) is 17.5 Å². The van der Waals surface area contributed by atoms with Gasteiger partial charge in [-0.25, -0.2) is 0 Å². The van der Waals surface area contributed by atoms with Gasteiger partial charge in [-0.2, -0.15) is 5.10 Å². The number of nitrogens with two attached hydrogens (primary N) is 2. The average Bonchev–Trinajstić information content (AvgIpc) is 2.89. The summed E-state index contributed by atoms with van der Waals surface area (Å²) >= 11 is 0. The minimum absolute atomic E-state index is 0.552. The maximum Gasteiger partial charge on any atom is 0.0671 e. The molecule has 0 aliphatic heterocycles. The van der Waals surface area contributed by atoms with E-state index >= 15 is 0 Å². The van der Waals surface area contributed by atoms with Crippen molar-refractivity contribution in [3.05, 3.63) is 48.2 Å². The van der Waals surface area contributed by atoms with Crippen molar-refractivity contribution >= 4 is 16.6 Å². The van der Waals surface area contributed by atoms with E-state index in [1.165, 1.54) is 0 Å². The Bertz CT molecular complexity index is 683. The summed E-state index contributed by atoms with van der Waals surface area (Å²) < 4.78 is 0. The predicted octanol–water partition coefficient (Wildman–Crippen LogP) is 2.27. The topological polar surface area (TPSA) is 80.7 Å². The monoisotopic (exact) mass is 238 g/mol. The van der Waals surface area contributed by atoms with Gasteiger partial charge in [-0.15, -0.1) is 0 Å². The Morgan fingerprint density at radius 3 is 2.56 bits per heavy atom. The Morgan fingerprint density at radius 1 is 1.06 bits per heavy atom. The van der Waals surface area contributed by atoms with Gasteiger partial charge in [0.15, 0.2) is 0 Å². The number of nitrogen functional groups attached to an aromatic ring is 1. The van der Waals surface area contributed by atoms with Crippen LogP contribution in [0.2, 0.25) is 0 Å². The van der Waals surface area contributed by atoms with Gasteiger partial charge in [0.25, 0.3) is 0 Å². The molecule has 4 nitrogen and oxygen atoms in total. The number of fused-ring (bicyclic) bond motifs is 1. The summed E-state index contributed by atoms with van der Waals surface area (Å²) in [4.78, 5) is 0. The van der Waals surface area contributed by atoms with Crippen molar-refractivity contribution in [3.63, 3.8) is 0 Å². The van der Waals surface area contributed by atoms with Crippen molar-refractivity contribution < 1.29 is 0 Å². The van der Waals surface area contributed by atoms with E-state index in [9.17, 15) is 0 Å². The lowest BCUT2D eigenvalue weighted by atomic mass is 10.0. The molecule has 4 heteroatoms. The van der Waals surface area contributed by atoms with Crippen molar-refractivity contribution in [1.82, 2.24) is 10.2 Å². The molecule has 0 bridgehead atoms. The lowest BCUT2D eigenvalue weighted by molar-refractivity contribution is 1.07. The number of anilines is 1. The number of benzene rings is 2. The van der Waals surface area contributed by atoms with E-state index < -0.39 is 0 Å². The molecule has 3 aromatic rings. The fraction of sp³-hybridized carbons (Fsp3) is 0.0714. The van der Waals surface area contributed by atoms with Gasteiger partial charge in [-0.05, 0) is 17.2 Å². The molecule has 0 radical (unpaired) electrons. The van der Waals surface area contributed by atoms with E-state index in [0.717, 1.165) is 33.3 Å². The molecule has 3 rings (SSSR count). The van der Waals surface area contributed by atoms with Crippen molar-refractivity contribution in [2.45, 2.75) is 6.54 Å². The van der Waals surface area contributed by atoms with Crippen LogP contribution in [-0.4, -0.2) is 10.2 Å². The Labute approximate surface area is 105 Å². The molecule has 0 saturated heterocycles. The SMILES string of the molecule is NCc1ccc(-c2ccc3[nH]ncc3c2N)cc1. The second-order valence-electron chi connectivity index (χ2n) is 4.26. The fourth-order valence-corrected chi connectivity index (χ4v) is 2.11. The second kappa shape index (κ2) is 4.16. The van der Waals surface area contributed by atoms with E-state index in [4.69, 9.17) is 11.5 Å². The minimum atomic E-state index is 0.552. The molecule has 0 fully saturated rings. The van der Waals surface area contributed by atoms with Crippen LogP contribution in [0.4, 0.5) is 5.69 Å². The molecule has 2 aromatic carbocycles. The van der Waals surface area contributed by atoms with E-state index in [1.807, 2.05) is 36.4 Å². The molecular formula is C14H14N4. The molecule has 0 spiro atoms. The molecule has 18 heavy (non-hydrogen) atoms. The van der Waals surface area contributed by atoms with Crippen LogP contribution in [0.3, 0.4) is 0 Å². The second-order valence-corrected chi connectivity index (χ2v) is 4.26. The third-order valence-electron chi connectivity index (χ3n) is 3.17. The first-order valence-electron chi connectivity index (χ1n) is 5.80. The molecule has 0 unspecified atom stereocenters. The highest BCUT2D eigenvalue weighted by Gasteiger charge is 2.07. The Kier molecular flexibility index (Phi) is 2.50. The first-order chi connectivity index (χ1) is 8.79. The van der Waals surface area contributed by atoms with Gasteiger partial charge < -0.3 is 11.5 Å². The maximum absolute atomic E-state index is 6.18. The predicted molar refractivity (Wildman–Crippen MR) is 73.8 cm³/mol. The zero-order valence-electron chi connectivity index (χ0n) is 9.85.